The average molecular weight is 258 g/mol. The molecule has 0 bridgehead atoms. The van der Waals surface area contributed by atoms with Gasteiger partial charge in [0.05, 0.1) is 25.5 Å². The second kappa shape index (κ2) is 6.75. The smallest absolute Gasteiger partial charge is 0.141 e. The van der Waals surface area contributed by atoms with E-state index in [0.29, 0.717) is 13.0 Å². The molecule has 0 saturated carbocycles. The number of benzene rings is 1. The lowest BCUT2D eigenvalue weighted by Crippen LogP contribution is -2.16. The molecule has 2 aromatic rings. The van der Waals surface area contributed by atoms with Gasteiger partial charge in [-0.3, -0.25) is 4.98 Å². The quantitative estimate of drug-likeness (QED) is 0.865. The molecule has 0 aliphatic rings. The lowest BCUT2D eigenvalue weighted by Gasteiger charge is -2.14. The summed E-state index contributed by atoms with van der Waals surface area (Å²) in [6.07, 6.45) is 2.40. The van der Waals surface area contributed by atoms with Crippen molar-refractivity contribution in [3.8, 4) is 11.5 Å². The van der Waals surface area contributed by atoms with Crippen LogP contribution in [0.25, 0.3) is 0 Å². The Bertz CT molecular complexity index is 503. The van der Waals surface area contributed by atoms with Gasteiger partial charge in [0.25, 0.3) is 0 Å². The van der Waals surface area contributed by atoms with Crippen molar-refractivity contribution in [1.82, 2.24) is 4.98 Å². The number of rotatable bonds is 6. The third-order valence-electron chi connectivity index (χ3n) is 2.81. The van der Waals surface area contributed by atoms with Crippen molar-refractivity contribution in [2.45, 2.75) is 12.5 Å². The molecule has 1 aromatic heterocycles. The fraction of sp³-hybridized carbons (Fsp3) is 0.267. The molecule has 19 heavy (non-hydrogen) atoms. The van der Waals surface area contributed by atoms with Gasteiger partial charge in [-0.25, -0.2) is 0 Å². The van der Waals surface area contributed by atoms with Gasteiger partial charge >= 0.3 is 0 Å². The van der Waals surface area contributed by atoms with Gasteiger partial charge in [0, 0.05) is 12.6 Å². The molecule has 1 aromatic carbocycles. The highest BCUT2D eigenvalue weighted by Gasteiger charge is 2.12. The van der Waals surface area contributed by atoms with Crippen molar-refractivity contribution >= 4 is 0 Å². The van der Waals surface area contributed by atoms with Crippen LogP contribution in [-0.4, -0.2) is 18.7 Å². The molecule has 4 heteroatoms. The van der Waals surface area contributed by atoms with Gasteiger partial charge in [-0.15, -0.1) is 0 Å². The first-order valence-electron chi connectivity index (χ1n) is 6.23. The van der Waals surface area contributed by atoms with Crippen molar-refractivity contribution in [2.75, 3.05) is 13.7 Å². The zero-order valence-corrected chi connectivity index (χ0v) is 11.0. The molecule has 1 heterocycles. The molecule has 4 nitrogen and oxygen atoms in total. The van der Waals surface area contributed by atoms with Gasteiger partial charge in [-0.2, -0.15) is 0 Å². The highest BCUT2D eigenvalue weighted by atomic mass is 16.5. The van der Waals surface area contributed by atoms with Crippen LogP contribution < -0.4 is 15.2 Å². The summed E-state index contributed by atoms with van der Waals surface area (Å²) in [5, 5.41) is 0. The first kappa shape index (κ1) is 13.4. The molecule has 0 aliphatic carbocycles. The van der Waals surface area contributed by atoms with Crippen molar-refractivity contribution < 1.29 is 9.47 Å². The van der Waals surface area contributed by atoms with Crippen molar-refractivity contribution in [3.63, 3.8) is 0 Å². The fourth-order valence-electron chi connectivity index (χ4n) is 1.81. The van der Waals surface area contributed by atoms with E-state index in [2.05, 4.69) is 4.98 Å². The normalized spacial score (nSPS) is 11.9. The Morgan fingerprint density at radius 1 is 1.16 bits per heavy atom. The third kappa shape index (κ3) is 3.69. The molecule has 100 valence electrons. The Morgan fingerprint density at radius 2 is 1.95 bits per heavy atom. The van der Waals surface area contributed by atoms with Crippen molar-refractivity contribution in [2.24, 2.45) is 5.73 Å². The molecule has 0 fully saturated rings. The number of hydrogen-bond acceptors (Lipinski definition) is 4. The Labute approximate surface area is 113 Å². The summed E-state index contributed by atoms with van der Waals surface area (Å²) in [6, 6.07) is 13.2. The largest absolute Gasteiger partial charge is 0.495 e. The predicted molar refractivity (Wildman–Crippen MR) is 74.3 cm³/mol. The molecule has 2 N–H and O–H groups in total. The van der Waals surface area contributed by atoms with E-state index in [1.807, 2.05) is 42.5 Å². The number of nitrogens with two attached hydrogens (primary N) is 1. The van der Waals surface area contributed by atoms with E-state index in [-0.39, 0.29) is 6.04 Å². The number of nitrogens with zero attached hydrogens (tertiary/aromatic N) is 1. The highest BCUT2D eigenvalue weighted by Crippen LogP contribution is 2.22. The third-order valence-corrected chi connectivity index (χ3v) is 2.81. The highest BCUT2D eigenvalue weighted by molar-refractivity contribution is 5.29. The topological polar surface area (TPSA) is 57.4 Å². The second-order valence-electron chi connectivity index (χ2n) is 4.15. The van der Waals surface area contributed by atoms with E-state index in [1.165, 1.54) is 0 Å². The number of para-hydroxylation sites is 1. The number of pyridine rings is 1. The fourth-order valence-corrected chi connectivity index (χ4v) is 1.81. The molecule has 0 spiro atoms. The van der Waals surface area contributed by atoms with Crippen LogP contribution in [0.15, 0.2) is 48.7 Å². The van der Waals surface area contributed by atoms with Gasteiger partial charge in [0.15, 0.2) is 0 Å². The molecule has 0 saturated heterocycles. The van der Waals surface area contributed by atoms with E-state index in [1.54, 1.807) is 13.3 Å². The Hall–Kier alpha value is -2.07. The molecular formula is C15H18N2O2. The van der Waals surface area contributed by atoms with Crippen molar-refractivity contribution in [1.29, 1.82) is 0 Å². The first-order chi connectivity index (χ1) is 9.31. The summed E-state index contributed by atoms with van der Waals surface area (Å²) in [7, 11) is 1.62. The van der Waals surface area contributed by atoms with Crippen LogP contribution in [-0.2, 0) is 0 Å². The van der Waals surface area contributed by atoms with E-state index in [9.17, 15) is 0 Å². The molecule has 0 radical (unpaired) electrons. The van der Waals surface area contributed by atoms with Gasteiger partial charge in [0.2, 0.25) is 0 Å². The summed E-state index contributed by atoms with van der Waals surface area (Å²) in [6.45, 7) is 0.547. The van der Waals surface area contributed by atoms with Crippen molar-refractivity contribution in [3.05, 3.63) is 54.4 Å². The second-order valence-corrected chi connectivity index (χ2v) is 4.15. The van der Waals surface area contributed by atoms with E-state index in [0.717, 1.165) is 17.2 Å². The Morgan fingerprint density at radius 3 is 2.68 bits per heavy atom. The van der Waals surface area contributed by atoms with Crippen LogP contribution >= 0.6 is 0 Å². The summed E-state index contributed by atoms with van der Waals surface area (Å²) in [5.74, 6) is 1.57. The van der Waals surface area contributed by atoms with Gasteiger partial charge < -0.3 is 15.2 Å². The SMILES string of the molecule is COc1cccnc1C(N)CCOc1ccccc1. The average Bonchev–Trinajstić information content (AvgIpc) is 2.48. The van der Waals surface area contributed by atoms with Crippen LogP contribution in [0.5, 0.6) is 11.5 Å². The number of hydrogen-bond donors (Lipinski definition) is 1. The van der Waals surface area contributed by atoms with Crippen LogP contribution in [0.4, 0.5) is 0 Å². The summed E-state index contributed by atoms with van der Waals surface area (Å²) in [4.78, 5) is 4.27. The summed E-state index contributed by atoms with van der Waals surface area (Å²) < 4.78 is 10.9. The summed E-state index contributed by atoms with van der Waals surface area (Å²) >= 11 is 0. The maximum atomic E-state index is 6.11. The maximum Gasteiger partial charge on any atom is 0.141 e. The van der Waals surface area contributed by atoms with Gasteiger partial charge in [-0.05, 0) is 24.3 Å². The molecule has 1 unspecified atom stereocenters. The van der Waals surface area contributed by atoms with E-state index >= 15 is 0 Å². The minimum atomic E-state index is -0.195. The molecular weight excluding hydrogens is 240 g/mol. The number of ether oxygens (including phenoxy) is 2. The van der Waals surface area contributed by atoms with E-state index in [4.69, 9.17) is 15.2 Å². The minimum absolute atomic E-state index is 0.195. The van der Waals surface area contributed by atoms with Crippen LogP contribution in [0.2, 0.25) is 0 Å². The molecule has 0 aliphatic heterocycles. The minimum Gasteiger partial charge on any atom is -0.495 e. The number of methoxy groups -OCH3 is 1. The summed E-state index contributed by atoms with van der Waals surface area (Å²) in [5.41, 5.74) is 6.88. The Kier molecular flexibility index (Phi) is 4.75. The zero-order valence-electron chi connectivity index (χ0n) is 11.0. The lowest BCUT2D eigenvalue weighted by atomic mass is 10.1. The standard InChI is InChI=1S/C15H18N2O2/c1-18-14-8-5-10-17-15(14)13(16)9-11-19-12-6-3-2-4-7-12/h2-8,10,13H,9,11,16H2,1H3. The molecule has 0 amide bonds. The predicted octanol–water partition coefficient (Wildman–Crippen LogP) is 2.56. The monoisotopic (exact) mass is 258 g/mol. The van der Waals surface area contributed by atoms with Crippen LogP contribution in [0, 0.1) is 0 Å². The van der Waals surface area contributed by atoms with Gasteiger partial charge in [0.1, 0.15) is 11.5 Å². The lowest BCUT2D eigenvalue weighted by molar-refractivity contribution is 0.295. The Balaban J connectivity index is 1.89. The van der Waals surface area contributed by atoms with Crippen LogP contribution in [0.1, 0.15) is 18.2 Å². The van der Waals surface area contributed by atoms with Crippen LogP contribution in [0.3, 0.4) is 0 Å². The maximum absolute atomic E-state index is 6.11. The van der Waals surface area contributed by atoms with E-state index < -0.39 is 0 Å². The first-order valence-corrected chi connectivity index (χ1v) is 6.23. The molecule has 1 atom stereocenters. The molecule has 2 rings (SSSR count). The zero-order chi connectivity index (χ0) is 13.5. The van der Waals surface area contributed by atoms with Gasteiger partial charge in [-0.1, -0.05) is 18.2 Å². The number of aromatic nitrogens is 1.